The maximum absolute atomic E-state index is 13.0. The molecule has 0 atom stereocenters. The molecule has 0 aliphatic heterocycles. The summed E-state index contributed by atoms with van der Waals surface area (Å²) < 4.78 is 43.7. The molecule has 118 valence electrons. The van der Waals surface area contributed by atoms with E-state index in [4.69, 9.17) is 11.6 Å². The Balaban J connectivity index is 2.89. The van der Waals surface area contributed by atoms with Crippen LogP contribution in [0, 0.1) is 10.1 Å². The Bertz CT molecular complexity index is 772. The molecular weight excluding hydrogens is 331 g/mol. The number of nitro benzene ring substituents is 1. The standard InChI is InChI=1S/C11H7ClF3N3O4/c1-2-22-10(19)17-6-3-5(12)4-7(18(20)21)8(6)16-9(17)11(13,14)15/h3-4H,2H2,1H3. The van der Waals surface area contributed by atoms with Crippen LogP contribution in [0.5, 0.6) is 0 Å². The molecule has 0 bridgehead atoms. The van der Waals surface area contributed by atoms with Gasteiger partial charge in [0.25, 0.3) is 5.69 Å². The van der Waals surface area contributed by atoms with Crippen LogP contribution >= 0.6 is 11.6 Å². The van der Waals surface area contributed by atoms with Crippen molar-refractivity contribution in [3.8, 4) is 0 Å². The zero-order chi connectivity index (χ0) is 16.7. The number of hydrogen-bond acceptors (Lipinski definition) is 5. The fourth-order valence-electron chi connectivity index (χ4n) is 1.83. The Hall–Kier alpha value is -2.36. The Kier molecular flexibility index (Phi) is 3.96. The lowest BCUT2D eigenvalue weighted by atomic mass is 10.2. The van der Waals surface area contributed by atoms with Crippen molar-refractivity contribution < 1.29 is 27.6 Å². The molecule has 1 aromatic carbocycles. The van der Waals surface area contributed by atoms with Gasteiger partial charge in [-0.3, -0.25) is 10.1 Å². The summed E-state index contributed by atoms with van der Waals surface area (Å²) in [6, 6.07) is 1.83. The SMILES string of the molecule is CCOC(=O)n1c(C(F)(F)F)nc2c([N+](=O)[O-])cc(Cl)cc21. The van der Waals surface area contributed by atoms with Crippen molar-refractivity contribution in [1.29, 1.82) is 0 Å². The van der Waals surface area contributed by atoms with Gasteiger partial charge in [0.15, 0.2) is 5.52 Å². The van der Waals surface area contributed by atoms with Gasteiger partial charge in [-0.05, 0) is 13.0 Å². The topological polar surface area (TPSA) is 87.3 Å². The minimum atomic E-state index is -5.01. The van der Waals surface area contributed by atoms with Crippen LogP contribution in [0.2, 0.25) is 5.02 Å². The molecule has 0 N–H and O–H groups in total. The lowest BCUT2D eigenvalue weighted by molar-refractivity contribution is -0.383. The number of halogens is 4. The summed E-state index contributed by atoms with van der Waals surface area (Å²) in [5, 5.41) is 10.7. The van der Waals surface area contributed by atoms with E-state index in [0.717, 1.165) is 12.1 Å². The van der Waals surface area contributed by atoms with Crippen LogP contribution in [0.15, 0.2) is 12.1 Å². The molecule has 0 fully saturated rings. The molecule has 22 heavy (non-hydrogen) atoms. The van der Waals surface area contributed by atoms with Crippen LogP contribution in [0.25, 0.3) is 11.0 Å². The number of fused-ring (bicyclic) bond motifs is 1. The van der Waals surface area contributed by atoms with E-state index in [1.807, 2.05) is 0 Å². The second kappa shape index (κ2) is 5.44. The number of benzene rings is 1. The predicted octanol–water partition coefficient (Wildman–Crippen LogP) is 3.62. The van der Waals surface area contributed by atoms with E-state index in [2.05, 4.69) is 9.72 Å². The summed E-state index contributed by atoms with van der Waals surface area (Å²) >= 11 is 5.67. The largest absolute Gasteiger partial charge is 0.450 e. The first kappa shape index (κ1) is 16.0. The van der Waals surface area contributed by atoms with Gasteiger partial charge in [-0.2, -0.15) is 13.2 Å². The molecule has 1 heterocycles. The highest BCUT2D eigenvalue weighted by Gasteiger charge is 2.41. The lowest BCUT2D eigenvalue weighted by Gasteiger charge is -2.09. The van der Waals surface area contributed by atoms with E-state index in [1.165, 1.54) is 6.92 Å². The number of imidazole rings is 1. The highest BCUT2D eigenvalue weighted by Crippen LogP contribution is 2.36. The average Bonchev–Trinajstić information content (AvgIpc) is 2.76. The van der Waals surface area contributed by atoms with Crippen molar-refractivity contribution in [3.05, 3.63) is 33.1 Å². The zero-order valence-corrected chi connectivity index (χ0v) is 11.6. The van der Waals surface area contributed by atoms with Gasteiger partial charge in [0.05, 0.1) is 17.0 Å². The van der Waals surface area contributed by atoms with E-state index in [0.29, 0.717) is 0 Å². The first-order chi connectivity index (χ1) is 10.2. The van der Waals surface area contributed by atoms with E-state index in [-0.39, 0.29) is 16.2 Å². The molecule has 1 aromatic heterocycles. The number of aromatic nitrogens is 2. The molecule has 0 radical (unpaired) electrons. The van der Waals surface area contributed by atoms with Crippen molar-refractivity contribution in [3.63, 3.8) is 0 Å². The second-order valence-corrected chi connectivity index (χ2v) is 4.45. The average molecular weight is 338 g/mol. The lowest BCUT2D eigenvalue weighted by Crippen LogP contribution is -2.22. The maximum Gasteiger partial charge on any atom is 0.450 e. The smallest absolute Gasteiger partial charge is 0.449 e. The second-order valence-electron chi connectivity index (χ2n) is 4.02. The molecule has 11 heteroatoms. The van der Waals surface area contributed by atoms with Crippen LogP contribution in [-0.2, 0) is 10.9 Å². The molecule has 0 amide bonds. The third-order valence-electron chi connectivity index (χ3n) is 2.61. The van der Waals surface area contributed by atoms with E-state index >= 15 is 0 Å². The zero-order valence-electron chi connectivity index (χ0n) is 10.8. The van der Waals surface area contributed by atoms with Crippen LogP contribution in [0.4, 0.5) is 23.7 Å². The third-order valence-corrected chi connectivity index (χ3v) is 2.82. The molecule has 0 saturated carbocycles. The van der Waals surface area contributed by atoms with E-state index in [1.54, 1.807) is 0 Å². The summed E-state index contributed by atoms with van der Waals surface area (Å²) in [7, 11) is 0. The Morgan fingerprint density at radius 2 is 2.14 bits per heavy atom. The van der Waals surface area contributed by atoms with Gasteiger partial charge in [0.1, 0.15) is 0 Å². The molecule has 7 nitrogen and oxygen atoms in total. The Labute approximate surface area is 125 Å². The highest BCUT2D eigenvalue weighted by atomic mass is 35.5. The summed E-state index contributed by atoms with van der Waals surface area (Å²) in [5.41, 5.74) is -1.80. The Morgan fingerprint density at radius 1 is 1.50 bits per heavy atom. The van der Waals surface area contributed by atoms with Crippen LogP contribution < -0.4 is 0 Å². The number of hydrogen-bond donors (Lipinski definition) is 0. The highest BCUT2D eigenvalue weighted by molar-refractivity contribution is 6.31. The number of nitrogens with zero attached hydrogens (tertiary/aromatic N) is 3. The van der Waals surface area contributed by atoms with Crippen molar-refractivity contribution in [2.24, 2.45) is 0 Å². The quantitative estimate of drug-likeness (QED) is 0.617. The number of carbonyl (C=O) groups excluding carboxylic acids is 1. The summed E-state index contributed by atoms with van der Waals surface area (Å²) in [6.07, 6.45) is -6.36. The van der Waals surface area contributed by atoms with Crippen LogP contribution in [0.1, 0.15) is 12.7 Å². The summed E-state index contributed by atoms with van der Waals surface area (Å²) in [5.74, 6) is -1.62. The molecule has 0 aliphatic carbocycles. The molecular formula is C11H7ClF3N3O4. The van der Waals surface area contributed by atoms with Gasteiger partial charge < -0.3 is 4.74 Å². The number of ether oxygens (including phenoxy) is 1. The fourth-order valence-corrected chi connectivity index (χ4v) is 2.03. The Morgan fingerprint density at radius 3 is 2.64 bits per heavy atom. The number of rotatable bonds is 2. The van der Waals surface area contributed by atoms with Crippen molar-refractivity contribution in [1.82, 2.24) is 9.55 Å². The van der Waals surface area contributed by atoms with Crippen molar-refractivity contribution >= 4 is 34.4 Å². The first-order valence-corrected chi connectivity index (χ1v) is 6.15. The normalized spacial score (nSPS) is 11.7. The minimum Gasteiger partial charge on any atom is -0.449 e. The molecule has 0 aliphatic rings. The molecule has 2 aromatic rings. The van der Waals surface area contributed by atoms with Crippen LogP contribution in [0.3, 0.4) is 0 Å². The van der Waals surface area contributed by atoms with Gasteiger partial charge in [0.2, 0.25) is 5.82 Å². The predicted molar refractivity (Wildman–Crippen MR) is 68.8 cm³/mol. The molecule has 2 rings (SSSR count). The molecule has 0 unspecified atom stereocenters. The van der Waals surface area contributed by atoms with E-state index < -0.39 is 39.7 Å². The number of nitro groups is 1. The van der Waals surface area contributed by atoms with Crippen molar-refractivity contribution in [2.75, 3.05) is 6.61 Å². The van der Waals surface area contributed by atoms with Gasteiger partial charge in [-0.15, -0.1) is 0 Å². The van der Waals surface area contributed by atoms with Gasteiger partial charge in [-0.25, -0.2) is 14.3 Å². The first-order valence-electron chi connectivity index (χ1n) is 5.77. The van der Waals surface area contributed by atoms with Gasteiger partial charge in [0, 0.05) is 11.1 Å². The minimum absolute atomic E-state index is 0.123. The maximum atomic E-state index is 13.0. The number of carbonyl (C=O) groups is 1. The van der Waals surface area contributed by atoms with Crippen molar-refractivity contribution in [2.45, 2.75) is 13.1 Å². The summed E-state index contributed by atoms with van der Waals surface area (Å²) in [6.45, 7) is 1.22. The summed E-state index contributed by atoms with van der Waals surface area (Å²) in [4.78, 5) is 25.0. The molecule has 0 saturated heterocycles. The number of non-ortho nitro benzene ring substituents is 1. The number of alkyl halides is 3. The van der Waals surface area contributed by atoms with Crippen LogP contribution in [-0.4, -0.2) is 27.2 Å². The van der Waals surface area contributed by atoms with E-state index in [9.17, 15) is 28.1 Å². The van der Waals surface area contributed by atoms with Gasteiger partial charge >= 0.3 is 12.3 Å². The monoisotopic (exact) mass is 337 g/mol. The fraction of sp³-hybridized carbons (Fsp3) is 0.273. The van der Waals surface area contributed by atoms with Gasteiger partial charge in [-0.1, -0.05) is 11.6 Å². The molecule has 0 spiro atoms. The third kappa shape index (κ3) is 2.69.